The number of benzene rings is 2. The summed E-state index contributed by atoms with van der Waals surface area (Å²) in [6, 6.07) is 13.3. The minimum atomic E-state index is -3.76. The van der Waals surface area contributed by atoms with E-state index in [1.807, 2.05) is 18.7 Å². The molecule has 2 aromatic carbocycles. The largest absolute Gasteiger partial charge is 0.351 e. The molecule has 0 spiro atoms. The van der Waals surface area contributed by atoms with Gasteiger partial charge in [-0.1, -0.05) is 42.7 Å². The van der Waals surface area contributed by atoms with E-state index in [9.17, 15) is 13.2 Å². The van der Waals surface area contributed by atoms with Gasteiger partial charge in [0, 0.05) is 17.5 Å². The third-order valence-corrected chi connectivity index (χ3v) is 7.55. The van der Waals surface area contributed by atoms with Crippen LogP contribution in [0.5, 0.6) is 0 Å². The van der Waals surface area contributed by atoms with Crippen LogP contribution in [0.15, 0.2) is 53.4 Å². The monoisotopic (exact) mass is 418 g/mol. The summed E-state index contributed by atoms with van der Waals surface area (Å²) in [6.07, 6.45) is 5.14. The lowest BCUT2D eigenvalue weighted by Gasteiger charge is -2.13. The van der Waals surface area contributed by atoms with Gasteiger partial charge in [0.15, 0.2) is 0 Å². The Hall–Kier alpha value is -1.99. The van der Waals surface area contributed by atoms with E-state index in [0.717, 1.165) is 11.3 Å². The molecule has 0 radical (unpaired) electrons. The number of thioether (sulfide) groups is 1. The highest BCUT2D eigenvalue weighted by Crippen LogP contribution is 2.29. The van der Waals surface area contributed by atoms with Gasteiger partial charge < -0.3 is 5.32 Å². The van der Waals surface area contributed by atoms with Crippen molar-refractivity contribution in [1.82, 2.24) is 5.32 Å². The lowest BCUT2D eigenvalue weighted by atomic mass is 10.2. The number of hydrogen-bond acceptors (Lipinski definition) is 4. The zero-order valence-corrected chi connectivity index (χ0v) is 17.6. The number of anilines is 1. The molecule has 150 valence electrons. The van der Waals surface area contributed by atoms with Crippen molar-refractivity contribution in [2.75, 3.05) is 17.0 Å². The Labute approximate surface area is 171 Å². The minimum Gasteiger partial charge on any atom is -0.351 e. The normalized spacial score (nSPS) is 14.8. The molecule has 1 amide bonds. The van der Waals surface area contributed by atoms with Crippen LogP contribution < -0.4 is 10.0 Å². The number of hydrogen-bond donors (Lipinski definition) is 2. The summed E-state index contributed by atoms with van der Waals surface area (Å²) in [5.41, 5.74) is 1.59. The summed E-state index contributed by atoms with van der Waals surface area (Å²) in [7, 11) is -3.76. The van der Waals surface area contributed by atoms with Crippen molar-refractivity contribution in [2.45, 2.75) is 42.8 Å². The van der Waals surface area contributed by atoms with Crippen LogP contribution in [-0.2, 0) is 10.0 Å². The van der Waals surface area contributed by atoms with Crippen molar-refractivity contribution >= 4 is 33.4 Å². The Morgan fingerprint density at radius 2 is 1.75 bits per heavy atom. The highest BCUT2D eigenvalue weighted by molar-refractivity contribution is 7.99. The molecular formula is C21H26N2O3S2. The predicted molar refractivity (Wildman–Crippen MR) is 115 cm³/mol. The number of carbonyl (C=O) groups is 1. The Kier molecular flexibility index (Phi) is 7.02. The van der Waals surface area contributed by atoms with Gasteiger partial charge in [0.25, 0.3) is 15.9 Å². The second-order valence-electron chi connectivity index (χ2n) is 7.00. The number of sulfonamides is 1. The molecule has 28 heavy (non-hydrogen) atoms. The molecular weight excluding hydrogens is 392 g/mol. The topological polar surface area (TPSA) is 75.3 Å². The molecule has 2 aromatic rings. The Morgan fingerprint density at radius 3 is 2.46 bits per heavy atom. The van der Waals surface area contributed by atoms with Crippen molar-refractivity contribution in [3.8, 4) is 0 Å². The molecule has 7 heteroatoms. The van der Waals surface area contributed by atoms with Crippen molar-refractivity contribution < 1.29 is 13.2 Å². The Balaban J connectivity index is 1.63. The number of rotatable bonds is 8. The maximum Gasteiger partial charge on any atom is 0.261 e. The lowest BCUT2D eigenvalue weighted by molar-refractivity contribution is 0.0957. The molecule has 3 rings (SSSR count). The fourth-order valence-corrected chi connectivity index (χ4v) is 5.53. The lowest BCUT2D eigenvalue weighted by Crippen LogP contribution is -2.27. The van der Waals surface area contributed by atoms with Gasteiger partial charge in [-0.3, -0.25) is 9.52 Å². The molecule has 0 heterocycles. The zero-order valence-electron chi connectivity index (χ0n) is 16.0. The second kappa shape index (κ2) is 9.47. The maximum atomic E-state index is 12.6. The first-order valence-corrected chi connectivity index (χ1v) is 12.1. The van der Waals surface area contributed by atoms with Crippen molar-refractivity contribution in [3.05, 3.63) is 59.7 Å². The van der Waals surface area contributed by atoms with Crippen LogP contribution in [0, 0.1) is 6.92 Å². The van der Waals surface area contributed by atoms with Crippen LogP contribution in [-0.4, -0.2) is 31.9 Å². The van der Waals surface area contributed by atoms with E-state index >= 15 is 0 Å². The van der Waals surface area contributed by atoms with Gasteiger partial charge in [-0.15, -0.1) is 0 Å². The summed E-state index contributed by atoms with van der Waals surface area (Å²) >= 11 is 1.91. The Bertz CT molecular complexity index is 906. The molecule has 0 atom stereocenters. The van der Waals surface area contributed by atoms with Crippen LogP contribution >= 0.6 is 11.8 Å². The smallest absolute Gasteiger partial charge is 0.261 e. The first-order valence-electron chi connectivity index (χ1n) is 9.54. The molecule has 0 aromatic heterocycles. The molecule has 0 aliphatic heterocycles. The van der Waals surface area contributed by atoms with Crippen molar-refractivity contribution in [2.24, 2.45) is 0 Å². The van der Waals surface area contributed by atoms with Gasteiger partial charge in [-0.25, -0.2) is 8.42 Å². The molecule has 1 fully saturated rings. The van der Waals surface area contributed by atoms with E-state index in [2.05, 4.69) is 10.0 Å². The van der Waals surface area contributed by atoms with Crippen molar-refractivity contribution in [3.63, 3.8) is 0 Å². The fourth-order valence-electron chi connectivity index (χ4n) is 3.23. The van der Waals surface area contributed by atoms with Gasteiger partial charge in [0.2, 0.25) is 0 Å². The van der Waals surface area contributed by atoms with E-state index in [0.29, 0.717) is 17.4 Å². The van der Waals surface area contributed by atoms with Crippen LogP contribution in [0.4, 0.5) is 5.69 Å². The average molecular weight is 419 g/mol. The van der Waals surface area contributed by atoms with E-state index in [1.165, 1.54) is 25.7 Å². The highest BCUT2D eigenvalue weighted by atomic mass is 32.2. The minimum absolute atomic E-state index is 0.168. The third kappa shape index (κ3) is 5.52. The molecule has 0 saturated heterocycles. The van der Waals surface area contributed by atoms with Gasteiger partial charge in [0.05, 0.1) is 16.1 Å². The van der Waals surface area contributed by atoms with Crippen molar-refractivity contribution in [1.29, 1.82) is 0 Å². The highest BCUT2D eigenvalue weighted by Gasteiger charge is 2.19. The van der Waals surface area contributed by atoms with Crippen LogP contribution in [0.25, 0.3) is 0 Å². The Morgan fingerprint density at radius 1 is 1.07 bits per heavy atom. The van der Waals surface area contributed by atoms with E-state index < -0.39 is 10.0 Å². The number of nitrogens with one attached hydrogen (secondary N) is 2. The SMILES string of the molecule is Cc1ccc(S(=O)(=O)Nc2ccccc2C(=O)NCCSC2CCCC2)cc1. The maximum absolute atomic E-state index is 12.6. The van der Waals surface area contributed by atoms with E-state index in [4.69, 9.17) is 0 Å². The molecule has 5 nitrogen and oxygen atoms in total. The summed E-state index contributed by atoms with van der Waals surface area (Å²) in [6.45, 7) is 2.47. The number of para-hydroxylation sites is 1. The molecule has 1 aliphatic rings. The fraction of sp³-hybridized carbons (Fsp3) is 0.381. The van der Waals surface area contributed by atoms with Gasteiger partial charge in [0.1, 0.15) is 0 Å². The summed E-state index contributed by atoms with van der Waals surface area (Å²) in [4.78, 5) is 12.7. The predicted octanol–water partition coefficient (Wildman–Crippen LogP) is 4.20. The third-order valence-electron chi connectivity index (χ3n) is 4.79. The molecule has 1 aliphatic carbocycles. The number of amides is 1. The quantitative estimate of drug-likeness (QED) is 0.630. The van der Waals surface area contributed by atoms with Gasteiger partial charge in [-0.05, 0) is 44.0 Å². The number of aryl methyl sites for hydroxylation is 1. The number of carbonyl (C=O) groups excluding carboxylic acids is 1. The zero-order chi connectivity index (χ0) is 20.0. The first-order chi connectivity index (χ1) is 13.5. The van der Waals surface area contributed by atoms with E-state index in [-0.39, 0.29) is 16.5 Å². The first kappa shape index (κ1) is 20.7. The van der Waals surface area contributed by atoms with Crippen LogP contribution in [0.1, 0.15) is 41.6 Å². The summed E-state index contributed by atoms with van der Waals surface area (Å²) in [5, 5.41) is 3.62. The van der Waals surface area contributed by atoms with Crippen LogP contribution in [0.3, 0.4) is 0 Å². The van der Waals surface area contributed by atoms with Gasteiger partial charge >= 0.3 is 0 Å². The summed E-state index contributed by atoms with van der Waals surface area (Å²) < 4.78 is 27.8. The molecule has 0 unspecified atom stereocenters. The molecule has 2 N–H and O–H groups in total. The molecule has 0 bridgehead atoms. The summed E-state index contributed by atoms with van der Waals surface area (Å²) in [5.74, 6) is 0.599. The van der Waals surface area contributed by atoms with E-state index in [1.54, 1.807) is 48.5 Å². The standard InChI is InChI=1S/C21H26N2O3S2/c1-16-10-12-18(13-11-16)28(25,26)23-20-9-5-4-8-19(20)21(24)22-14-15-27-17-6-2-3-7-17/h4-5,8-13,17,23H,2-3,6-7,14-15H2,1H3,(H,22,24). The average Bonchev–Trinajstić information content (AvgIpc) is 3.19. The second-order valence-corrected chi connectivity index (χ2v) is 10.1. The molecule has 1 saturated carbocycles. The van der Waals surface area contributed by atoms with Gasteiger partial charge in [-0.2, -0.15) is 11.8 Å². The van der Waals surface area contributed by atoms with Crippen LogP contribution in [0.2, 0.25) is 0 Å².